The van der Waals surface area contributed by atoms with E-state index >= 15 is 0 Å². The van der Waals surface area contributed by atoms with E-state index in [1.807, 2.05) is 0 Å². The van der Waals surface area contributed by atoms with Crippen LogP contribution in [-0.2, 0) is 12.8 Å². The summed E-state index contributed by atoms with van der Waals surface area (Å²) in [7, 11) is 0. The van der Waals surface area contributed by atoms with Crippen LogP contribution in [0.15, 0.2) is 59.2 Å². The van der Waals surface area contributed by atoms with Gasteiger partial charge in [0.2, 0.25) is 0 Å². The number of rotatable bonds is 6. The van der Waals surface area contributed by atoms with Gasteiger partial charge in [0, 0.05) is 0 Å². The summed E-state index contributed by atoms with van der Waals surface area (Å²) in [6.45, 7) is 4.52. The molecule has 0 spiro atoms. The molecule has 0 amide bonds. The first-order chi connectivity index (χ1) is 14.8. The van der Waals surface area contributed by atoms with Crippen LogP contribution in [-0.4, -0.2) is 0 Å². The molecule has 2 saturated carbocycles. The van der Waals surface area contributed by atoms with E-state index in [1.54, 1.807) is 16.7 Å². The molecule has 0 aliphatic heterocycles. The maximum atomic E-state index is 4.52. The van der Waals surface area contributed by atoms with E-state index < -0.39 is 0 Å². The van der Waals surface area contributed by atoms with E-state index in [1.165, 1.54) is 92.9 Å². The van der Waals surface area contributed by atoms with Crippen molar-refractivity contribution in [3.8, 4) is 0 Å². The van der Waals surface area contributed by atoms with Crippen molar-refractivity contribution in [2.45, 2.75) is 89.9 Å². The largest absolute Gasteiger partial charge is 0.0992 e. The van der Waals surface area contributed by atoms with Crippen molar-refractivity contribution < 1.29 is 0 Å². The van der Waals surface area contributed by atoms with Gasteiger partial charge in [-0.15, -0.1) is 0 Å². The molecule has 5 rings (SSSR count). The van der Waals surface area contributed by atoms with Crippen molar-refractivity contribution >= 4 is 6.08 Å². The minimum atomic E-state index is 0.763. The van der Waals surface area contributed by atoms with Crippen molar-refractivity contribution in [3.05, 3.63) is 75.9 Å². The van der Waals surface area contributed by atoms with Crippen LogP contribution in [0.2, 0.25) is 0 Å². The van der Waals surface area contributed by atoms with Crippen LogP contribution in [0.3, 0.4) is 0 Å². The molecule has 0 radical (unpaired) electrons. The molecule has 1 aromatic carbocycles. The molecule has 158 valence electrons. The Kier molecular flexibility index (Phi) is 6.12. The first kappa shape index (κ1) is 20.1. The fourth-order valence-electron chi connectivity index (χ4n) is 6.37. The first-order valence-corrected chi connectivity index (χ1v) is 12.7. The van der Waals surface area contributed by atoms with E-state index in [-0.39, 0.29) is 0 Å². The standard InChI is InChI=1S/C30H38/c1-22(25-11-6-3-7-12-25)17-27-13-8-14-30(27)29-20-26-16-15-24(19-28(26)21-29)18-23-9-4-2-5-10-23/h13-16,19,21,23,25H,1-12,17-18,20H2. The van der Waals surface area contributed by atoms with Crippen LogP contribution in [0.1, 0.15) is 93.7 Å². The zero-order valence-corrected chi connectivity index (χ0v) is 18.7. The highest BCUT2D eigenvalue weighted by Crippen LogP contribution is 2.40. The molecule has 0 atom stereocenters. The summed E-state index contributed by atoms with van der Waals surface area (Å²) in [4.78, 5) is 0. The zero-order chi connectivity index (χ0) is 20.3. The van der Waals surface area contributed by atoms with E-state index in [9.17, 15) is 0 Å². The van der Waals surface area contributed by atoms with Crippen molar-refractivity contribution in [1.82, 2.24) is 0 Å². The van der Waals surface area contributed by atoms with Gasteiger partial charge in [-0.05, 0) is 83.8 Å². The highest BCUT2D eigenvalue weighted by molar-refractivity contribution is 5.72. The molecule has 4 aliphatic carbocycles. The molecule has 0 saturated heterocycles. The lowest BCUT2D eigenvalue weighted by Crippen LogP contribution is -2.09. The number of hydrogen-bond acceptors (Lipinski definition) is 0. The molecule has 0 bridgehead atoms. The number of benzene rings is 1. The highest BCUT2D eigenvalue weighted by Gasteiger charge is 2.24. The topological polar surface area (TPSA) is 0 Å². The van der Waals surface area contributed by atoms with Gasteiger partial charge in [-0.2, -0.15) is 0 Å². The molecule has 0 unspecified atom stereocenters. The van der Waals surface area contributed by atoms with Gasteiger partial charge in [0.1, 0.15) is 0 Å². The minimum Gasteiger partial charge on any atom is -0.0992 e. The monoisotopic (exact) mass is 398 g/mol. The average molecular weight is 399 g/mol. The Morgan fingerprint density at radius 3 is 2.47 bits per heavy atom. The lowest BCUT2D eigenvalue weighted by Gasteiger charge is -2.24. The second kappa shape index (κ2) is 9.13. The molecular formula is C30H38. The van der Waals surface area contributed by atoms with Crippen molar-refractivity contribution in [2.24, 2.45) is 11.8 Å². The third-order valence-corrected chi connectivity index (χ3v) is 8.15. The van der Waals surface area contributed by atoms with Crippen LogP contribution < -0.4 is 0 Å². The van der Waals surface area contributed by atoms with Gasteiger partial charge >= 0.3 is 0 Å². The summed E-state index contributed by atoms with van der Waals surface area (Å²) in [6, 6.07) is 7.32. The van der Waals surface area contributed by atoms with Crippen molar-refractivity contribution in [3.63, 3.8) is 0 Å². The Morgan fingerprint density at radius 2 is 1.67 bits per heavy atom. The van der Waals surface area contributed by atoms with Gasteiger partial charge in [0.05, 0.1) is 0 Å². The Hall–Kier alpha value is -1.82. The molecule has 1 aromatic rings. The molecule has 0 heteroatoms. The van der Waals surface area contributed by atoms with Crippen LogP contribution in [0, 0.1) is 11.8 Å². The highest BCUT2D eigenvalue weighted by atomic mass is 14.3. The van der Waals surface area contributed by atoms with Gasteiger partial charge in [-0.3, -0.25) is 0 Å². The Morgan fingerprint density at radius 1 is 0.900 bits per heavy atom. The molecule has 4 aliphatic rings. The van der Waals surface area contributed by atoms with Crippen molar-refractivity contribution in [1.29, 1.82) is 0 Å². The van der Waals surface area contributed by atoms with Crippen LogP contribution >= 0.6 is 0 Å². The predicted octanol–water partition coefficient (Wildman–Crippen LogP) is 8.53. The zero-order valence-electron chi connectivity index (χ0n) is 18.7. The summed E-state index contributed by atoms with van der Waals surface area (Å²) in [6.07, 6.45) is 26.1. The summed E-state index contributed by atoms with van der Waals surface area (Å²) < 4.78 is 0. The molecule has 2 fully saturated rings. The smallest absolute Gasteiger partial charge is 0.00137 e. The van der Waals surface area contributed by atoms with Crippen LogP contribution in [0.4, 0.5) is 0 Å². The fourth-order valence-corrected chi connectivity index (χ4v) is 6.37. The maximum Gasteiger partial charge on any atom is -0.00137 e. The number of allylic oxidation sites excluding steroid dienone is 6. The van der Waals surface area contributed by atoms with Gasteiger partial charge in [0.15, 0.2) is 0 Å². The van der Waals surface area contributed by atoms with Crippen LogP contribution in [0.5, 0.6) is 0 Å². The Bertz CT molecular complexity index is 879. The summed E-state index contributed by atoms with van der Waals surface area (Å²) in [5.41, 5.74) is 10.7. The molecule has 0 aromatic heterocycles. The SMILES string of the molecule is C=C(CC1=CCC=C1C1=Cc2cc(CC3CCCCC3)ccc2C1)C1CCCCC1. The summed E-state index contributed by atoms with van der Waals surface area (Å²) in [5.74, 6) is 1.68. The van der Waals surface area contributed by atoms with E-state index in [0.717, 1.165) is 31.1 Å². The maximum absolute atomic E-state index is 4.52. The van der Waals surface area contributed by atoms with E-state index in [4.69, 9.17) is 0 Å². The molecule has 0 nitrogen and oxygen atoms in total. The number of hydrogen-bond donors (Lipinski definition) is 0. The molecule has 30 heavy (non-hydrogen) atoms. The van der Waals surface area contributed by atoms with Crippen LogP contribution in [0.25, 0.3) is 6.08 Å². The van der Waals surface area contributed by atoms with Gasteiger partial charge in [0.25, 0.3) is 0 Å². The Balaban J connectivity index is 1.26. The van der Waals surface area contributed by atoms with Gasteiger partial charge < -0.3 is 0 Å². The third-order valence-electron chi connectivity index (χ3n) is 8.15. The second-order valence-electron chi connectivity index (χ2n) is 10.3. The molecular weight excluding hydrogens is 360 g/mol. The molecule has 0 heterocycles. The van der Waals surface area contributed by atoms with Gasteiger partial charge in [-0.1, -0.05) is 99.9 Å². The lowest BCUT2D eigenvalue weighted by molar-refractivity contribution is 0.356. The minimum absolute atomic E-state index is 0.763. The lowest BCUT2D eigenvalue weighted by atomic mass is 9.81. The average Bonchev–Trinajstić information content (AvgIpc) is 3.41. The predicted molar refractivity (Wildman–Crippen MR) is 130 cm³/mol. The third kappa shape index (κ3) is 4.43. The molecule has 0 N–H and O–H groups in total. The summed E-state index contributed by atoms with van der Waals surface area (Å²) in [5, 5.41) is 0. The normalized spacial score (nSPS) is 22.5. The second-order valence-corrected chi connectivity index (χ2v) is 10.3. The first-order valence-electron chi connectivity index (χ1n) is 12.7. The summed E-state index contributed by atoms with van der Waals surface area (Å²) >= 11 is 0. The Labute approximate surface area is 183 Å². The van der Waals surface area contributed by atoms with Crippen molar-refractivity contribution in [2.75, 3.05) is 0 Å². The quantitative estimate of drug-likeness (QED) is 0.421. The van der Waals surface area contributed by atoms with E-state index in [0.29, 0.717) is 0 Å². The fraction of sp³-hybridized carbons (Fsp3) is 0.533. The van der Waals surface area contributed by atoms with E-state index in [2.05, 4.69) is 43.0 Å². The van der Waals surface area contributed by atoms with Gasteiger partial charge in [-0.25, -0.2) is 0 Å². The number of fused-ring (bicyclic) bond motifs is 1.